The normalized spacial score (nSPS) is 13.2. The van der Waals surface area contributed by atoms with Crippen molar-refractivity contribution in [3.05, 3.63) is 40.0 Å². The maximum absolute atomic E-state index is 5.84. The van der Waals surface area contributed by atoms with Gasteiger partial charge >= 0.3 is 0 Å². The molecular weight excluding hydrogens is 340 g/mol. The molecule has 3 rings (SSSR count). The van der Waals surface area contributed by atoms with E-state index in [-0.39, 0.29) is 0 Å². The molecule has 0 spiro atoms. The second-order valence-corrected chi connectivity index (χ2v) is 6.33. The first kappa shape index (κ1) is 11.5. The highest BCUT2D eigenvalue weighted by molar-refractivity contribution is 14.1. The SMILES string of the molecule is [B]c1ccc2c(c1)Sc1cc(I)ccc1N2C. The number of anilines is 2. The summed E-state index contributed by atoms with van der Waals surface area (Å²) in [6, 6.07) is 12.6. The van der Waals surface area contributed by atoms with E-state index in [0.717, 1.165) is 5.46 Å². The smallest absolute Gasteiger partial charge is 0.113 e. The Hall–Kier alpha value is -0.615. The first-order chi connectivity index (χ1) is 8.15. The lowest BCUT2D eigenvalue weighted by Crippen LogP contribution is -2.16. The van der Waals surface area contributed by atoms with Crippen molar-refractivity contribution in [2.24, 2.45) is 0 Å². The molecule has 0 unspecified atom stereocenters. The highest BCUT2D eigenvalue weighted by atomic mass is 127. The molecule has 1 aliphatic heterocycles. The summed E-state index contributed by atoms with van der Waals surface area (Å²) in [6.45, 7) is 0. The summed E-state index contributed by atoms with van der Waals surface area (Å²) in [4.78, 5) is 4.73. The number of fused-ring (bicyclic) bond motifs is 2. The molecule has 17 heavy (non-hydrogen) atoms. The molecule has 0 aromatic heterocycles. The Balaban J connectivity index is 2.17. The van der Waals surface area contributed by atoms with E-state index in [1.165, 1.54) is 24.7 Å². The van der Waals surface area contributed by atoms with Gasteiger partial charge in [-0.05, 0) is 46.9 Å². The third-order valence-corrected chi connectivity index (χ3v) is 4.61. The van der Waals surface area contributed by atoms with Crippen molar-refractivity contribution in [2.75, 3.05) is 11.9 Å². The maximum atomic E-state index is 5.84. The Morgan fingerprint density at radius 1 is 1.06 bits per heavy atom. The molecule has 2 aromatic carbocycles. The van der Waals surface area contributed by atoms with Crippen molar-refractivity contribution in [1.29, 1.82) is 0 Å². The zero-order chi connectivity index (χ0) is 12.0. The first-order valence-electron chi connectivity index (χ1n) is 5.26. The molecule has 4 heteroatoms. The van der Waals surface area contributed by atoms with Gasteiger partial charge in [0, 0.05) is 20.4 Å². The Morgan fingerprint density at radius 3 is 2.47 bits per heavy atom. The molecule has 0 N–H and O–H groups in total. The van der Waals surface area contributed by atoms with Gasteiger partial charge in [0.05, 0.1) is 11.4 Å². The minimum absolute atomic E-state index is 0.818. The van der Waals surface area contributed by atoms with E-state index in [1.807, 2.05) is 12.1 Å². The molecule has 2 radical (unpaired) electrons. The van der Waals surface area contributed by atoms with Crippen LogP contribution in [0, 0.1) is 3.57 Å². The predicted octanol–water partition coefficient (Wildman–Crippen LogP) is 3.32. The molecule has 1 nitrogen and oxygen atoms in total. The molecular formula is C13H9BINS. The molecule has 0 atom stereocenters. The van der Waals surface area contributed by atoms with Gasteiger partial charge < -0.3 is 4.90 Å². The second-order valence-electron chi connectivity index (χ2n) is 4.00. The topological polar surface area (TPSA) is 3.24 Å². The number of hydrogen-bond acceptors (Lipinski definition) is 2. The van der Waals surface area contributed by atoms with E-state index in [0.29, 0.717) is 0 Å². The van der Waals surface area contributed by atoms with Crippen LogP contribution in [0.2, 0.25) is 0 Å². The molecule has 2 aromatic rings. The molecule has 1 heterocycles. The zero-order valence-corrected chi connectivity index (χ0v) is 12.2. The highest BCUT2D eigenvalue weighted by Gasteiger charge is 2.20. The van der Waals surface area contributed by atoms with E-state index in [1.54, 1.807) is 11.8 Å². The van der Waals surface area contributed by atoms with Gasteiger partial charge in [-0.1, -0.05) is 29.4 Å². The first-order valence-corrected chi connectivity index (χ1v) is 7.15. The molecule has 0 bridgehead atoms. The van der Waals surface area contributed by atoms with Crippen molar-refractivity contribution >= 4 is 59.0 Å². The van der Waals surface area contributed by atoms with Gasteiger partial charge in [-0.25, -0.2) is 0 Å². The third kappa shape index (κ3) is 1.97. The maximum Gasteiger partial charge on any atom is 0.113 e. The Bertz CT molecular complexity index is 548. The van der Waals surface area contributed by atoms with Gasteiger partial charge in [-0.15, -0.1) is 0 Å². The van der Waals surface area contributed by atoms with Gasteiger partial charge in [0.25, 0.3) is 0 Å². The van der Waals surface area contributed by atoms with Crippen molar-refractivity contribution in [3.63, 3.8) is 0 Å². The molecule has 82 valence electrons. The Morgan fingerprint density at radius 2 is 1.71 bits per heavy atom. The van der Waals surface area contributed by atoms with Crippen LogP contribution in [-0.2, 0) is 0 Å². The summed E-state index contributed by atoms with van der Waals surface area (Å²) in [5, 5.41) is 0. The fraction of sp³-hybridized carbons (Fsp3) is 0.0769. The standard InChI is InChI=1S/C13H9BINS/c1-16-10-4-2-8(14)6-12(10)17-13-7-9(15)3-5-11(13)16/h2-7H,1H3. The van der Waals surface area contributed by atoms with E-state index in [9.17, 15) is 0 Å². The van der Waals surface area contributed by atoms with Crippen LogP contribution in [0.5, 0.6) is 0 Å². The molecule has 0 fully saturated rings. The van der Waals surface area contributed by atoms with Crippen LogP contribution in [-0.4, -0.2) is 14.9 Å². The minimum atomic E-state index is 0.818. The second kappa shape index (κ2) is 4.25. The Labute approximate surface area is 120 Å². The molecule has 0 saturated carbocycles. The summed E-state index contributed by atoms with van der Waals surface area (Å²) in [6.07, 6.45) is 0. The van der Waals surface area contributed by atoms with Crippen LogP contribution >= 0.6 is 34.4 Å². The lowest BCUT2D eigenvalue weighted by Gasteiger charge is -2.29. The third-order valence-electron chi connectivity index (χ3n) is 2.85. The Kier molecular flexibility index (Phi) is 2.87. The van der Waals surface area contributed by atoms with Crippen LogP contribution < -0.4 is 10.4 Å². The number of halogens is 1. The summed E-state index contributed by atoms with van der Waals surface area (Å²) in [7, 11) is 7.94. The van der Waals surface area contributed by atoms with Gasteiger partial charge in [0.2, 0.25) is 0 Å². The van der Waals surface area contributed by atoms with E-state index < -0.39 is 0 Å². The monoisotopic (exact) mass is 349 g/mol. The van der Waals surface area contributed by atoms with Crippen LogP contribution in [0.3, 0.4) is 0 Å². The number of nitrogens with zero attached hydrogens (tertiary/aromatic N) is 1. The summed E-state index contributed by atoms with van der Waals surface area (Å²) >= 11 is 4.13. The summed E-state index contributed by atoms with van der Waals surface area (Å²) in [5.41, 5.74) is 3.30. The number of hydrogen-bond donors (Lipinski definition) is 0. The summed E-state index contributed by atoms with van der Waals surface area (Å²) < 4.78 is 1.26. The van der Waals surface area contributed by atoms with Crippen LogP contribution in [0.4, 0.5) is 11.4 Å². The van der Waals surface area contributed by atoms with Gasteiger partial charge in [0.1, 0.15) is 7.85 Å². The van der Waals surface area contributed by atoms with E-state index in [2.05, 4.69) is 58.8 Å². The molecule has 0 aliphatic carbocycles. The lowest BCUT2D eigenvalue weighted by atomic mass is 9.96. The predicted molar refractivity (Wildman–Crippen MR) is 83.2 cm³/mol. The van der Waals surface area contributed by atoms with E-state index in [4.69, 9.17) is 7.85 Å². The average molecular weight is 349 g/mol. The van der Waals surface area contributed by atoms with Crippen LogP contribution in [0.15, 0.2) is 46.2 Å². The molecule has 0 saturated heterocycles. The minimum Gasteiger partial charge on any atom is -0.343 e. The van der Waals surface area contributed by atoms with Crippen molar-refractivity contribution < 1.29 is 0 Å². The van der Waals surface area contributed by atoms with Crippen LogP contribution in [0.1, 0.15) is 0 Å². The fourth-order valence-corrected chi connectivity index (χ4v) is 3.92. The van der Waals surface area contributed by atoms with Gasteiger partial charge in [0.15, 0.2) is 0 Å². The highest BCUT2D eigenvalue weighted by Crippen LogP contribution is 2.47. The fourth-order valence-electron chi connectivity index (χ4n) is 1.98. The van der Waals surface area contributed by atoms with Crippen molar-refractivity contribution in [2.45, 2.75) is 9.79 Å². The quantitative estimate of drug-likeness (QED) is 0.530. The van der Waals surface area contributed by atoms with Crippen molar-refractivity contribution in [1.82, 2.24) is 0 Å². The molecule has 1 aliphatic rings. The molecule has 0 amide bonds. The van der Waals surface area contributed by atoms with Crippen LogP contribution in [0.25, 0.3) is 0 Å². The van der Waals surface area contributed by atoms with Gasteiger partial charge in [-0.3, -0.25) is 0 Å². The van der Waals surface area contributed by atoms with Crippen molar-refractivity contribution in [3.8, 4) is 0 Å². The van der Waals surface area contributed by atoms with E-state index >= 15 is 0 Å². The van der Waals surface area contributed by atoms with Gasteiger partial charge in [-0.2, -0.15) is 0 Å². The lowest BCUT2D eigenvalue weighted by molar-refractivity contribution is 1.11. The summed E-state index contributed by atoms with van der Waals surface area (Å²) in [5.74, 6) is 0. The largest absolute Gasteiger partial charge is 0.343 e. The number of rotatable bonds is 0. The average Bonchev–Trinajstić information content (AvgIpc) is 2.28. The number of benzene rings is 2. The zero-order valence-electron chi connectivity index (χ0n) is 9.27.